The molecule has 0 unspecified atom stereocenters. The molecule has 1 aromatic carbocycles. The van der Waals surface area contributed by atoms with E-state index in [1.54, 1.807) is 33.7 Å². The Hall–Kier alpha value is -3.00. The highest BCUT2D eigenvalue weighted by Crippen LogP contribution is 2.26. The summed E-state index contributed by atoms with van der Waals surface area (Å²) in [5.41, 5.74) is 2.43. The van der Waals surface area contributed by atoms with Crippen molar-refractivity contribution < 1.29 is 4.79 Å². The minimum Gasteiger partial charge on any atom is -0.341 e. The van der Waals surface area contributed by atoms with Gasteiger partial charge in [0.05, 0.1) is 26.8 Å². The van der Waals surface area contributed by atoms with E-state index in [0.717, 1.165) is 40.1 Å². The van der Waals surface area contributed by atoms with Gasteiger partial charge in [-0.2, -0.15) is 0 Å². The number of imidazole rings is 1. The Morgan fingerprint density at radius 3 is 2.97 bits per heavy atom. The van der Waals surface area contributed by atoms with Crippen LogP contribution in [0.5, 0.6) is 0 Å². The van der Waals surface area contributed by atoms with E-state index in [9.17, 15) is 9.59 Å². The van der Waals surface area contributed by atoms with Gasteiger partial charge in [-0.3, -0.25) is 13.9 Å². The fourth-order valence-corrected chi connectivity index (χ4v) is 5.28. The number of hydrogen-bond donors (Lipinski definition) is 0. The van der Waals surface area contributed by atoms with Crippen LogP contribution in [0.1, 0.15) is 30.3 Å². The largest absolute Gasteiger partial charge is 0.341 e. The minimum absolute atomic E-state index is 0.0451. The molecule has 1 fully saturated rings. The monoisotopic (exact) mass is 421 g/mol. The summed E-state index contributed by atoms with van der Waals surface area (Å²) in [4.78, 5) is 36.7. The van der Waals surface area contributed by atoms with Gasteiger partial charge in [0.25, 0.3) is 0 Å². The molecule has 0 saturated carbocycles. The van der Waals surface area contributed by atoms with Crippen molar-refractivity contribution in [1.29, 1.82) is 0 Å². The molecule has 7 nitrogen and oxygen atoms in total. The quantitative estimate of drug-likeness (QED) is 0.507. The molecule has 0 spiro atoms. The highest BCUT2D eigenvalue weighted by atomic mass is 32.1. The molecule has 1 atom stereocenters. The summed E-state index contributed by atoms with van der Waals surface area (Å²) >= 11 is 1.65. The Labute approximate surface area is 177 Å². The van der Waals surface area contributed by atoms with E-state index in [0.29, 0.717) is 25.0 Å². The normalized spacial score (nSPS) is 17.1. The van der Waals surface area contributed by atoms with Crippen molar-refractivity contribution in [2.75, 3.05) is 13.1 Å². The number of likely N-dealkylation sites (tertiary alicyclic amines) is 1. The van der Waals surface area contributed by atoms with Crippen LogP contribution in [0.3, 0.4) is 0 Å². The molecule has 0 radical (unpaired) electrons. The number of amides is 1. The molecule has 4 heterocycles. The van der Waals surface area contributed by atoms with E-state index in [-0.39, 0.29) is 17.6 Å². The van der Waals surface area contributed by atoms with Crippen LogP contribution in [0, 0.1) is 0 Å². The first-order valence-corrected chi connectivity index (χ1v) is 11.1. The van der Waals surface area contributed by atoms with E-state index >= 15 is 0 Å². The number of carbonyl (C=O) groups excluding carboxylic acids is 1. The zero-order valence-electron chi connectivity index (χ0n) is 16.8. The number of hydrogen-bond acceptors (Lipinski definition) is 5. The third-order valence-electron chi connectivity index (χ3n) is 5.85. The van der Waals surface area contributed by atoms with Crippen LogP contribution in [0.25, 0.3) is 21.4 Å². The van der Waals surface area contributed by atoms with E-state index < -0.39 is 0 Å². The Morgan fingerprint density at radius 1 is 1.23 bits per heavy atom. The first-order valence-electron chi connectivity index (χ1n) is 10.3. The number of aromatic nitrogens is 4. The van der Waals surface area contributed by atoms with Gasteiger partial charge in [0.1, 0.15) is 0 Å². The molecule has 30 heavy (non-hydrogen) atoms. The number of aryl methyl sites for hydroxylation is 2. The van der Waals surface area contributed by atoms with E-state index in [1.807, 2.05) is 35.2 Å². The van der Waals surface area contributed by atoms with Crippen molar-refractivity contribution >= 4 is 38.6 Å². The molecule has 1 aliphatic heterocycles. The molecule has 0 aliphatic carbocycles. The number of fused-ring (bicyclic) bond motifs is 2. The first kappa shape index (κ1) is 19.0. The number of pyridine rings is 1. The number of benzene rings is 1. The van der Waals surface area contributed by atoms with Crippen LogP contribution in [0.4, 0.5) is 0 Å². The number of piperidine rings is 1. The standard InChI is InChI=1S/C22H23N5O2S/c1-25-17-8-4-12-23-21(17)27(22(25)29)15-6-5-13-26(14-15)20(28)11-10-19-24-16-7-2-3-9-18(16)30-19/h2-4,7-9,12,15H,5-6,10-11,13-14H2,1H3/t15-/m0/s1. The van der Waals surface area contributed by atoms with Crippen LogP contribution in [0.15, 0.2) is 47.4 Å². The lowest BCUT2D eigenvalue weighted by atomic mass is 10.0. The third-order valence-corrected chi connectivity index (χ3v) is 6.95. The Kier molecular flexibility index (Phi) is 4.86. The smallest absolute Gasteiger partial charge is 0.330 e. The van der Waals surface area contributed by atoms with Crippen LogP contribution < -0.4 is 5.69 Å². The van der Waals surface area contributed by atoms with Gasteiger partial charge < -0.3 is 4.90 Å². The van der Waals surface area contributed by atoms with E-state index in [2.05, 4.69) is 16.0 Å². The number of para-hydroxylation sites is 1. The zero-order valence-corrected chi connectivity index (χ0v) is 17.6. The lowest BCUT2D eigenvalue weighted by molar-refractivity contribution is -0.132. The van der Waals surface area contributed by atoms with Crippen LogP contribution in [0.2, 0.25) is 0 Å². The number of nitrogens with zero attached hydrogens (tertiary/aromatic N) is 5. The Morgan fingerprint density at radius 2 is 2.10 bits per heavy atom. The summed E-state index contributed by atoms with van der Waals surface area (Å²) in [6.45, 7) is 1.29. The maximum atomic E-state index is 12.9. The number of rotatable bonds is 4. The predicted octanol–water partition coefficient (Wildman–Crippen LogP) is 3.14. The SMILES string of the molecule is Cn1c(=O)n([C@H]2CCCN(C(=O)CCc3nc4ccccc4s3)C2)c2ncccc21. The summed E-state index contributed by atoms with van der Waals surface area (Å²) < 4.78 is 4.55. The van der Waals surface area contributed by atoms with Gasteiger partial charge in [-0.05, 0) is 37.1 Å². The van der Waals surface area contributed by atoms with Gasteiger partial charge in [-0.1, -0.05) is 12.1 Å². The van der Waals surface area contributed by atoms with Crippen molar-refractivity contribution in [2.24, 2.45) is 7.05 Å². The van der Waals surface area contributed by atoms with Gasteiger partial charge >= 0.3 is 5.69 Å². The second kappa shape index (κ2) is 7.68. The zero-order chi connectivity index (χ0) is 20.7. The second-order valence-electron chi connectivity index (χ2n) is 7.77. The van der Waals surface area contributed by atoms with Crippen molar-refractivity contribution in [3.8, 4) is 0 Å². The molecule has 8 heteroatoms. The lowest BCUT2D eigenvalue weighted by Gasteiger charge is -2.33. The number of thiazole rings is 1. The molecule has 1 aliphatic rings. The van der Waals surface area contributed by atoms with E-state index in [4.69, 9.17) is 0 Å². The summed E-state index contributed by atoms with van der Waals surface area (Å²) in [5, 5.41) is 0.993. The third kappa shape index (κ3) is 3.31. The van der Waals surface area contributed by atoms with Crippen molar-refractivity contribution in [3.63, 3.8) is 0 Å². The van der Waals surface area contributed by atoms with Crippen LogP contribution in [-0.2, 0) is 18.3 Å². The maximum Gasteiger partial charge on any atom is 0.330 e. The minimum atomic E-state index is -0.0718. The molecular formula is C22H23N5O2S. The fourth-order valence-electron chi connectivity index (χ4n) is 4.31. The van der Waals surface area contributed by atoms with Gasteiger partial charge in [-0.25, -0.2) is 14.8 Å². The fraction of sp³-hybridized carbons (Fsp3) is 0.364. The number of carbonyl (C=O) groups is 1. The molecule has 1 saturated heterocycles. The van der Waals surface area contributed by atoms with Crippen molar-refractivity contribution in [3.05, 3.63) is 58.1 Å². The van der Waals surface area contributed by atoms with E-state index in [1.165, 1.54) is 0 Å². The predicted molar refractivity (Wildman–Crippen MR) is 118 cm³/mol. The van der Waals surface area contributed by atoms with Crippen molar-refractivity contribution in [2.45, 2.75) is 31.7 Å². The topological polar surface area (TPSA) is 73.0 Å². The average Bonchev–Trinajstić information content (AvgIpc) is 3.31. The first-order chi connectivity index (χ1) is 14.6. The van der Waals surface area contributed by atoms with Gasteiger partial charge in [0.15, 0.2) is 5.65 Å². The summed E-state index contributed by atoms with van der Waals surface area (Å²) in [5.74, 6) is 0.125. The molecule has 0 N–H and O–H groups in total. The molecule has 154 valence electrons. The summed E-state index contributed by atoms with van der Waals surface area (Å²) in [6, 6.07) is 11.7. The average molecular weight is 422 g/mol. The molecule has 5 rings (SSSR count). The molecular weight excluding hydrogens is 398 g/mol. The summed E-state index contributed by atoms with van der Waals surface area (Å²) in [7, 11) is 1.77. The Balaban J connectivity index is 1.31. The molecule has 4 aromatic rings. The van der Waals surface area contributed by atoms with Gasteiger partial charge in [-0.15, -0.1) is 11.3 Å². The highest BCUT2D eigenvalue weighted by Gasteiger charge is 2.28. The van der Waals surface area contributed by atoms with Crippen molar-refractivity contribution in [1.82, 2.24) is 24.0 Å². The van der Waals surface area contributed by atoms with Crippen LogP contribution in [-0.4, -0.2) is 43.0 Å². The highest BCUT2D eigenvalue weighted by molar-refractivity contribution is 7.18. The summed E-state index contributed by atoms with van der Waals surface area (Å²) in [6.07, 6.45) is 4.55. The van der Waals surface area contributed by atoms with Gasteiger partial charge in [0, 0.05) is 39.2 Å². The second-order valence-corrected chi connectivity index (χ2v) is 8.88. The molecule has 3 aromatic heterocycles. The Bertz CT molecular complexity index is 1250. The maximum absolute atomic E-state index is 12.9. The van der Waals surface area contributed by atoms with Crippen LogP contribution >= 0.6 is 11.3 Å². The molecule has 0 bridgehead atoms. The van der Waals surface area contributed by atoms with Gasteiger partial charge in [0.2, 0.25) is 5.91 Å². The lowest BCUT2D eigenvalue weighted by Crippen LogP contribution is -2.43. The molecule has 1 amide bonds.